The summed E-state index contributed by atoms with van der Waals surface area (Å²) in [5.74, 6) is -0.315. The number of pyridine rings is 1. The molecule has 4 nitrogen and oxygen atoms in total. The van der Waals surface area contributed by atoms with Crippen molar-refractivity contribution in [1.82, 2.24) is 10.3 Å². The number of nitrogens with one attached hydrogen (secondary N) is 2. The molecule has 0 unspecified atom stereocenters. The Labute approximate surface area is 112 Å². The smallest absolute Gasteiger partial charge is 0.255 e. The van der Waals surface area contributed by atoms with Gasteiger partial charge >= 0.3 is 0 Å². The highest BCUT2D eigenvalue weighted by Crippen LogP contribution is 2.44. The van der Waals surface area contributed by atoms with E-state index in [-0.39, 0.29) is 16.9 Å². The van der Waals surface area contributed by atoms with Gasteiger partial charge in [0, 0.05) is 13.1 Å². The number of carbonyl (C=O) groups is 1. The van der Waals surface area contributed by atoms with Gasteiger partial charge in [0.1, 0.15) is 11.6 Å². The van der Waals surface area contributed by atoms with E-state index in [1.54, 1.807) is 0 Å². The van der Waals surface area contributed by atoms with Gasteiger partial charge in [-0.05, 0) is 30.7 Å². The van der Waals surface area contributed by atoms with E-state index < -0.39 is 5.82 Å². The van der Waals surface area contributed by atoms with Crippen LogP contribution in [0.1, 0.15) is 43.5 Å². The van der Waals surface area contributed by atoms with E-state index in [0.717, 1.165) is 25.5 Å². The van der Waals surface area contributed by atoms with Gasteiger partial charge in [-0.15, -0.1) is 0 Å². The molecule has 1 fully saturated rings. The maximum absolute atomic E-state index is 13.2. The summed E-state index contributed by atoms with van der Waals surface area (Å²) in [6.45, 7) is 5.49. The van der Waals surface area contributed by atoms with Crippen LogP contribution in [0.2, 0.25) is 0 Å². The normalized spacial score (nSPS) is 15.9. The maximum atomic E-state index is 13.2. The third-order valence-corrected chi connectivity index (χ3v) is 3.42. The fraction of sp³-hybridized carbons (Fsp3) is 0.571. The number of carbonyl (C=O) groups excluding carboxylic acids is 1. The predicted molar refractivity (Wildman–Crippen MR) is 72.6 cm³/mol. The summed E-state index contributed by atoms with van der Waals surface area (Å²) in [7, 11) is 0. The molecule has 1 aromatic rings. The Kier molecular flexibility index (Phi) is 4.02. The van der Waals surface area contributed by atoms with Crippen LogP contribution in [0.5, 0.6) is 0 Å². The van der Waals surface area contributed by atoms with E-state index >= 15 is 0 Å². The highest BCUT2D eigenvalue weighted by atomic mass is 19.1. The second-order valence-corrected chi connectivity index (χ2v) is 5.47. The van der Waals surface area contributed by atoms with Crippen molar-refractivity contribution in [3.63, 3.8) is 0 Å². The Hall–Kier alpha value is -1.65. The first-order chi connectivity index (χ1) is 9.04. The van der Waals surface area contributed by atoms with Crippen molar-refractivity contribution < 1.29 is 9.18 Å². The molecule has 0 aliphatic heterocycles. The van der Waals surface area contributed by atoms with Crippen LogP contribution in [0, 0.1) is 11.2 Å². The molecular formula is C14H20FN3O. The van der Waals surface area contributed by atoms with Gasteiger partial charge in [-0.1, -0.05) is 13.8 Å². The second kappa shape index (κ2) is 5.55. The van der Waals surface area contributed by atoms with Crippen LogP contribution in [0.15, 0.2) is 12.3 Å². The van der Waals surface area contributed by atoms with Crippen LogP contribution in [0.4, 0.5) is 10.2 Å². The van der Waals surface area contributed by atoms with Crippen LogP contribution >= 0.6 is 0 Å². The monoisotopic (exact) mass is 265 g/mol. The van der Waals surface area contributed by atoms with E-state index in [1.165, 1.54) is 6.07 Å². The number of hydrogen-bond acceptors (Lipinski definition) is 3. The maximum Gasteiger partial charge on any atom is 0.255 e. The summed E-state index contributed by atoms with van der Waals surface area (Å²) in [5, 5.41) is 5.91. The molecule has 1 heterocycles. The Morgan fingerprint density at radius 3 is 2.89 bits per heavy atom. The Balaban J connectivity index is 2.07. The molecule has 2 N–H and O–H groups in total. The van der Waals surface area contributed by atoms with Gasteiger partial charge in [0.15, 0.2) is 0 Å². The topological polar surface area (TPSA) is 54.0 Å². The fourth-order valence-corrected chi connectivity index (χ4v) is 1.78. The summed E-state index contributed by atoms with van der Waals surface area (Å²) < 4.78 is 13.2. The van der Waals surface area contributed by atoms with Crippen molar-refractivity contribution in [3.8, 4) is 0 Å². The average molecular weight is 265 g/mol. The molecule has 0 atom stereocenters. The van der Waals surface area contributed by atoms with Crippen LogP contribution < -0.4 is 10.6 Å². The zero-order chi connectivity index (χ0) is 13.9. The highest BCUT2D eigenvalue weighted by Gasteiger charge is 2.37. The number of amides is 1. The van der Waals surface area contributed by atoms with Crippen LogP contribution in [0.25, 0.3) is 0 Å². The first-order valence-electron chi connectivity index (χ1n) is 6.72. The predicted octanol–water partition coefficient (Wildman–Crippen LogP) is 2.57. The molecule has 0 bridgehead atoms. The minimum atomic E-state index is -0.496. The fourth-order valence-electron chi connectivity index (χ4n) is 1.78. The minimum Gasteiger partial charge on any atom is -0.369 e. The lowest BCUT2D eigenvalue weighted by Gasteiger charge is -2.13. The van der Waals surface area contributed by atoms with Gasteiger partial charge < -0.3 is 10.6 Å². The molecular weight excluding hydrogens is 245 g/mol. The van der Waals surface area contributed by atoms with Crippen molar-refractivity contribution in [2.45, 2.75) is 33.1 Å². The second-order valence-electron chi connectivity index (χ2n) is 5.47. The summed E-state index contributed by atoms with van der Waals surface area (Å²) >= 11 is 0. The summed E-state index contributed by atoms with van der Waals surface area (Å²) in [4.78, 5) is 16.0. The molecule has 1 amide bonds. The zero-order valence-corrected chi connectivity index (χ0v) is 11.4. The Morgan fingerprint density at radius 2 is 2.26 bits per heavy atom. The molecule has 1 aliphatic carbocycles. The summed E-state index contributed by atoms with van der Waals surface area (Å²) in [5.41, 5.74) is 0.505. The molecule has 1 saturated carbocycles. The molecule has 0 radical (unpaired) electrons. The van der Waals surface area contributed by atoms with Crippen molar-refractivity contribution in [3.05, 3.63) is 23.6 Å². The third-order valence-electron chi connectivity index (χ3n) is 3.42. The van der Waals surface area contributed by atoms with E-state index in [0.29, 0.717) is 18.9 Å². The van der Waals surface area contributed by atoms with Gasteiger partial charge in [0.25, 0.3) is 5.91 Å². The van der Waals surface area contributed by atoms with Crippen molar-refractivity contribution in [1.29, 1.82) is 0 Å². The molecule has 19 heavy (non-hydrogen) atoms. The molecule has 0 spiro atoms. The number of halogens is 1. The van der Waals surface area contributed by atoms with E-state index in [4.69, 9.17) is 0 Å². The molecule has 0 saturated heterocycles. The van der Waals surface area contributed by atoms with Crippen molar-refractivity contribution in [2.24, 2.45) is 5.41 Å². The van der Waals surface area contributed by atoms with Gasteiger partial charge in [-0.3, -0.25) is 4.79 Å². The average Bonchev–Trinajstić information content (AvgIpc) is 3.13. The molecule has 2 rings (SSSR count). The third kappa shape index (κ3) is 3.66. The van der Waals surface area contributed by atoms with E-state index in [1.807, 2.05) is 6.92 Å². The van der Waals surface area contributed by atoms with Gasteiger partial charge in [0.05, 0.1) is 11.8 Å². The van der Waals surface area contributed by atoms with Crippen LogP contribution in [-0.2, 0) is 0 Å². The zero-order valence-electron chi connectivity index (χ0n) is 11.4. The molecule has 1 aromatic heterocycles. The lowest BCUT2D eigenvalue weighted by molar-refractivity contribution is 0.0946. The summed E-state index contributed by atoms with van der Waals surface area (Å²) in [6, 6.07) is 1.23. The standard InChI is InChI=1S/C14H20FN3O/c1-3-6-16-12-11(7-10(15)8-17-12)13(19)18-9-14(2)4-5-14/h7-8H,3-6,9H2,1-2H3,(H,16,17)(H,18,19). The quantitative estimate of drug-likeness (QED) is 0.831. The lowest BCUT2D eigenvalue weighted by Crippen LogP contribution is -2.30. The lowest BCUT2D eigenvalue weighted by atomic mass is 10.1. The van der Waals surface area contributed by atoms with Crippen molar-refractivity contribution >= 4 is 11.7 Å². The number of nitrogens with zero attached hydrogens (tertiary/aromatic N) is 1. The Morgan fingerprint density at radius 1 is 1.53 bits per heavy atom. The summed E-state index contributed by atoms with van der Waals surface area (Å²) in [6.07, 6.45) is 4.31. The van der Waals surface area contributed by atoms with Gasteiger partial charge in [-0.2, -0.15) is 0 Å². The van der Waals surface area contributed by atoms with Crippen LogP contribution in [-0.4, -0.2) is 24.0 Å². The van der Waals surface area contributed by atoms with E-state index in [9.17, 15) is 9.18 Å². The first-order valence-corrected chi connectivity index (χ1v) is 6.72. The minimum absolute atomic E-state index is 0.230. The Bertz CT molecular complexity index is 472. The molecule has 1 aliphatic rings. The largest absolute Gasteiger partial charge is 0.369 e. The SMILES string of the molecule is CCCNc1ncc(F)cc1C(=O)NCC1(C)CC1. The van der Waals surface area contributed by atoms with E-state index in [2.05, 4.69) is 22.5 Å². The first kappa shape index (κ1) is 13.8. The van der Waals surface area contributed by atoms with Crippen molar-refractivity contribution in [2.75, 3.05) is 18.4 Å². The number of rotatable bonds is 6. The number of aromatic nitrogens is 1. The molecule has 5 heteroatoms. The van der Waals surface area contributed by atoms with Gasteiger partial charge in [0.2, 0.25) is 0 Å². The molecule has 104 valence electrons. The van der Waals surface area contributed by atoms with Gasteiger partial charge in [-0.25, -0.2) is 9.37 Å². The number of anilines is 1. The van der Waals surface area contributed by atoms with Crippen LogP contribution in [0.3, 0.4) is 0 Å². The highest BCUT2D eigenvalue weighted by molar-refractivity contribution is 5.98. The molecule has 0 aromatic carbocycles. The number of hydrogen-bond donors (Lipinski definition) is 2.